The molecule has 0 heterocycles. The van der Waals surface area contributed by atoms with Crippen LogP contribution in [0.25, 0.3) is 0 Å². The molecular formula is C11H24N2O. The monoisotopic (exact) mass is 200 g/mol. The fourth-order valence-corrected chi connectivity index (χ4v) is 1.63. The van der Waals surface area contributed by atoms with E-state index in [1.54, 1.807) is 0 Å². The molecule has 3 nitrogen and oxygen atoms in total. The summed E-state index contributed by atoms with van der Waals surface area (Å²) in [6.07, 6.45) is 3.68. The summed E-state index contributed by atoms with van der Waals surface area (Å²) in [7, 11) is 3.83. The zero-order chi connectivity index (χ0) is 11.0. The minimum Gasteiger partial charge on any atom is -0.343 e. The van der Waals surface area contributed by atoms with Crippen LogP contribution in [0.2, 0.25) is 0 Å². The van der Waals surface area contributed by atoms with Gasteiger partial charge in [0.1, 0.15) is 0 Å². The molecule has 0 aliphatic rings. The van der Waals surface area contributed by atoms with Gasteiger partial charge in [0.25, 0.3) is 0 Å². The van der Waals surface area contributed by atoms with Crippen LogP contribution in [0.15, 0.2) is 0 Å². The first-order chi connectivity index (χ1) is 6.67. The summed E-state index contributed by atoms with van der Waals surface area (Å²) in [5, 5.41) is 3.05. The summed E-state index contributed by atoms with van der Waals surface area (Å²) in [5.41, 5.74) is 0. The molecule has 0 saturated heterocycles. The Kier molecular flexibility index (Phi) is 7.48. The molecule has 0 aromatic rings. The van der Waals surface area contributed by atoms with Crippen LogP contribution in [0, 0.1) is 0 Å². The lowest BCUT2D eigenvalue weighted by molar-refractivity contribution is -0.132. The van der Waals surface area contributed by atoms with Gasteiger partial charge < -0.3 is 10.2 Å². The predicted molar refractivity (Wildman–Crippen MR) is 60.3 cm³/mol. The van der Waals surface area contributed by atoms with Crippen LogP contribution < -0.4 is 5.32 Å². The molecule has 0 aliphatic carbocycles. The Morgan fingerprint density at radius 1 is 1.36 bits per heavy atom. The van der Waals surface area contributed by atoms with Gasteiger partial charge in [0.2, 0.25) is 5.91 Å². The first-order valence-electron chi connectivity index (χ1n) is 5.57. The van der Waals surface area contributed by atoms with Gasteiger partial charge in [-0.1, -0.05) is 13.8 Å². The molecule has 0 aromatic carbocycles. The minimum absolute atomic E-state index is 0.272. The Balaban J connectivity index is 3.84. The van der Waals surface area contributed by atoms with E-state index in [2.05, 4.69) is 19.2 Å². The minimum atomic E-state index is 0.272. The van der Waals surface area contributed by atoms with Crippen molar-refractivity contribution in [3.8, 4) is 0 Å². The van der Waals surface area contributed by atoms with Gasteiger partial charge in [-0.2, -0.15) is 0 Å². The molecule has 0 atom stereocenters. The predicted octanol–water partition coefficient (Wildman–Crippen LogP) is 1.63. The molecule has 0 rings (SSSR count). The molecule has 0 aromatic heterocycles. The van der Waals surface area contributed by atoms with Crippen LogP contribution in [-0.2, 0) is 4.79 Å². The zero-order valence-corrected chi connectivity index (χ0v) is 9.97. The van der Waals surface area contributed by atoms with E-state index < -0.39 is 0 Å². The van der Waals surface area contributed by atoms with Crippen LogP contribution >= 0.6 is 0 Å². The Morgan fingerprint density at radius 2 is 1.93 bits per heavy atom. The van der Waals surface area contributed by atoms with Crippen molar-refractivity contribution in [2.45, 2.75) is 45.6 Å². The fraction of sp³-hybridized carbons (Fsp3) is 0.909. The molecule has 0 fully saturated rings. The van der Waals surface area contributed by atoms with Gasteiger partial charge in [0.15, 0.2) is 0 Å². The van der Waals surface area contributed by atoms with Crippen LogP contribution in [-0.4, -0.2) is 37.5 Å². The topological polar surface area (TPSA) is 32.3 Å². The van der Waals surface area contributed by atoms with Crippen molar-refractivity contribution < 1.29 is 4.79 Å². The normalized spacial score (nSPS) is 10.6. The van der Waals surface area contributed by atoms with Gasteiger partial charge in [0, 0.05) is 19.5 Å². The molecule has 0 radical (unpaired) electrons. The van der Waals surface area contributed by atoms with Crippen LogP contribution in [0.1, 0.15) is 39.5 Å². The summed E-state index contributed by atoms with van der Waals surface area (Å²) in [6, 6.07) is 0.414. The van der Waals surface area contributed by atoms with Crippen molar-refractivity contribution in [2.24, 2.45) is 0 Å². The molecule has 0 saturated carbocycles. The zero-order valence-electron chi connectivity index (χ0n) is 9.97. The van der Waals surface area contributed by atoms with E-state index in [0.717, 1.165) is 25.8 Å². The van der Waals surface area contributed by atoms with E-state index in [-0.39, 0.29) is 5.91 Å². The molecule has 0 spiro atoms. The van der Waals surface area contributed by atoms with E-state index in [0.29, 0.717) is 12.5 Å². The molecule has 1 N–H and O–H groups in total. The molecular weight excluding hydrogens is 176 g/mol. The Bertz CT molecular complexity index is 155. The highest BCUT2D eigenvalue weighted by molar-refractivity contribution is 5.76. The average molecular weight is 200 g/mol. The largest absolute Gasteiger partial charge is 0.343 e. The van der Waals surface area contributed by atoms with Crippen molar-refractivity contribution >= 4 is 5.91 Å². The number of hydrogen-bond donors (Lipinski definition) is 1. The summed E-state index contributed by atoms with van der Waals surface area (Å²) >= 11 is 0. The Morgan fingerprint density at radius 3 is 2.36 bits per heavy atom. The summed E-state index contributed by atoms with van der Waals surface area (Å²) < 4.78 is 0. The highest BCUT2D eigenvalue weighted by atomic mass is 16.2. The van der Waals surface area contributed by atoms with Crippen LogP contribution in [0.5, 0.6) is 0 Å². The fourth-order valence-electron chi connectivity index (χ4n) is 1.63. The third-order valence-corrected chi connectivity index (χ3v) is 2.70. The average Bonchev–Trinajstić information content (AvgIpc) is 2.19. The number of carbonyl (C=O) groups excluding carboxylic acids is 1. The highest BCUT2D eigenvalue weighted by Gasteiger charge is 2.15. The maximum atomic E-state index is 11.7. The first kappa shape index (κ1) is 13.4. The lowest BCUT2D eigenvalue weighted by atomic mass is 10.1. The maximum absolute atomic E-state index is 11.7. The molecule has 0 bridgehead atoms. The second-order valence-corrected chi connectivity index (χ2v) is 3.68. The first-order valence-corrected chi connectivity index (χ1v) is 5.57. The van der Waals surface area contributed by atoms with Crippen molar-refractivity contribution in [2.75, 3.05) is 20.6 Å². The van der Waals surface area contributed by atoms with E-state index in [1.165, 1.54) is 0 Å². The number of nitrogens with one attached hydrogen (secondary N) is 1. The second kappa shape index (κ2) is 7.80. The molecule has 0 unspecified atom stereocenters. The maximum Gasteiger partial charge on any atom is 0.222 e. The quantitative estimate of drug-likeness (QED) is 0.634. The smallest absolute Gasteiger partial charge is 0.222 e. The lowest BCUT2D eigenvalue weighted by Gasteiger charge is -2.26. The molecule has 14 heavy (non-hydrogen) atoms. The van der Waals surface area contributed by atoms with Crippen molar-refractivity contribution in [1.82, 2.24) is 10.2 Å². The third-order valence-electron chi connectivity index (χ3n) is 2.70. The van der Waals surface area contributed by atoms with Gasteiger partial charge in [-0.15, -0.1) is 0 Å². The molecule has 3 heteroatoms. The molecule has 0 aliphatic heterocycles. The van der Waals surface area contributed by atoms with Crippen LogP contribution in [0.4, 0.5) is 0 Å². The van der Waals surface area contributed by atoms with Crippen molar-refractivity contribution in [1.29, 1.82) is 0 Å². The Labute approximate surface area is 87.9 Å². The van der Waals surface area contributed by atoms with E-state index in [9.17, 15) is 4.79 Å². The molecule has 1 amide bonds. The Hall–Kier alpha value is -0.570. The van der Waals surface area contributed by atoms with Gasteiger partial charge >= 0.3 is 0 Å². The van der Waals surface area contributed by atoms with Gasteiger partial charge in [-0.05, 0) is 32.9 Å². The van der Waals surface area contributed by atoms with Crippen LogP contribution in [0.3, 0.4) is 0 Å². The van der Waals surface area contributed by atoms with Gasteiger partial charge in [0.05, 0.1) is 0 Å². The van der Waals surface area contributed by atoms with Crippen molar-refractivity contribution in [3.63, 3.8) is 0 Å². The van der Waals surface area contributed by atoms with E-state index in [4.69, 9.17) is 0 Å². The van der Waals surface area contributed by atoms with Gasteiger partial charge in [-0.3, -0.25) is 4.79 Å². The number of amides is 1. The lowest BCUT2D eigenvalue weighted by Crippen LogP contribution is -2.36. The SMILES string of the molecule is CCC(CC)N(C)C(=O)CCCNC. The summed E-state index contributed by atoms with van der Waals surface area (Å²) in [5.74, 6) is 0.272. The number of rotatable bonds is 7. The summed E-state index contributed by atoms with van der Waals surface area (Å²) in [4.78, 5) is 13.6. The summed E-state index contributed by atoms with van der Waals surface area (Å²) in [6.45, 7) is 5.18. The highest BCUT2D eigenvalue weighted by Crippen LogP contribution is 2.08. The number of carbonyl (C=O) groups is 1. The number of nitrogens with zero attached hydrogens (tertiary/aromatic N) is 1. The standard InChI is InChI=1S/C11H24N2O/c1-5-10(6-2)13(4)11(14)8-7-9-12-3/h10,12H,5-9H2,1-4H3. The molecule has 84 valence electrons. The second-order valence-electron chi connectivity index (χ2n) is 3.68. The van der Waals surface area contributed by atoms with E-state index >= 15 is 0 Å². The van der Waals surface area contributed by atoms with E-state index in [1.807, 2.05) is 19.0 Å². The van der Waals surface area contributed by atoms with Crippen molar-refractivity contribution in [3.05, 3.63) is 0 Å². The number of hydrogen-bond acceptors (Lipinski definition) is 2. The van der Waals surface area contributed by atoms with Gasteiger partial charge in [-0.25, -0.2) is 0 Å². The third kappa shape index (κ3) is 4.61.